The van der Waals surface area contributed by atoms with Gasteiger partial charge < -0.3 is 9.73 Å². The SMILES string of the molecule is c1ccc(Nc2ccccc2-c2cccc3c2oc2ccccc23)cc1. The number of hydrogen-bond acceptors (Lipinski definition) is 2. The third-order valence-corrected chi connectivity index (χ3v) is 4.67. The molecule has 5 aromatic rings. The minimum absolute atomic E-state index is 0.920. The standard InChI is InChI=1S/C24H17NO/c1-2-9-17(10-3-1)25-22-15-6-4-11-18(22)20-13-8-14-21-19-12-5-7-16-23(19)26-24(20)21/h1-16,25H. The van der Waals surface area contributed by atoms with Crippen molar-refractivity contribution >= 4 is 33.3 Å². The normalized spacial score (nSPS) is 11.1. The summed E-state index contributed by atoms with van der Waals surface area (Å²) >= 11 is 0. The molecule has 0 fully saturated rings. The Hall–Kier alpha value is -3.52. The number of anilines is 2. The highest BCUT2D eigenvalue weighted by Crippen LogP contribution is 2.38. The van der Waals surface area contributed by atoms with Crippen LogP contribution in [0.4, 0.5) is 11.4 Å². The fourth-order valence-corrected chi connectivity index (χ4v) is 3.46. The molecule has 0 unspecified atom stereocenters. The van der Waals surface area contributed by atoms with Crippen LogP contribution >= 0.6 is 0 Å². The lowest BCUT2D eigenvalue weighted by atomic mass is 10.0. The van der Waals surface area contributed by atoms with Crippen LogP contribution in [0, 0.1) is 0 Å². The van der Waals surface area contributed by atoms with Crippen molar-refractivity contribution in [2.75, 3.05) is 5.32 Å². The largest absolute Gasteiger partial charge is 0.455 e. The van der Waals surface area contributed by atoms with E-state index < -0.39 is 0 Å². The molecule has 2 heteroatoms. The first kappa shape index (κ1) is 14.8. The maximum absolute atomic E-state index is 6.22. The zero-order chi connectivity index (χ0) is 17.3. The lowest BCUT2D eigenvalue weighted by Gasteiger charge is -2.12. The first-order valence-electron chi connectivity index (χ1n) is 8.72. The molecular formula is C24H17NO. The zero-order valence-electron chi connectivity index (χ0n) is 14.1. The van der Waals surface area contributed by atoms with Gasteiger partial charge in [-0.3, -0.25) is 0 Å². The molecule has 0 aliphatic rings. The van der Waals surface area contributed by atoms with Crippen LogP contribution in [0.5, 0.6) is 0 Å². The van der Waals surface area contributed by atoms with E-state index in [9.17, 15) is 0 Å². The van der Waals surface area contributed by atoms with E-state index in [0.717, 1.165) is 44.4 Å². The minimum atomic E-state index is 0.920. The Morgan fingerprint density at radius 1 is 0.538 bits per heavy atom. The molecule has 0 amide bonds. The zero-order valence-corrected chi connectivity index (χ0v) is 14.1. The molecule has 1 aromatic heterocycles. The molecule has 0 bridgehead atoms. The highest BCUT2D eigenvalue weighted by Gasteiger charge is 2.14. The van der Waals surface area contributed by atoms with E-state index in [0.29, 0.717) is 0 Å². The van der Waals surface area contributed by atoms with Gasteiger partial charge in [0.1, 0.15) is 11.2 Å². The molecule has 5 rings (SSSR count). The monoisotopic (exact) mass is 335 g/mol. The molecule has 0 radical (unpaired) electrons. The van der Waals surface area contributed by atoms with Gasteiger partial charge in [-0.25, -0.2) is 0 Å². The second-order valence-electron chi connectivity index (χ2n) is 6.32. The predicted octanol–water partition coefficient (Wildman–Crippen LogP) is 7.00. The highest BCUT2D eigenvalue weighted by atomic mass is 16.3. The van der Waals surface area contributed by atoms with Crippen LogP contribution < -0.4 is 5.32 Å². The average molecular weight is 335 g/mol. The van der Waals surface area contributed by atoms with Crippen LogP contribution in [-0.4, -0.2) is 0 Å². The van der Waals surface area contributed by atoms with Crippen LogP contribution in [0.15, 0.2) is 101 Å². The van der Waals surface area contributed by atoms with Crippen LogP contribution in [-0.2, 0) is 0 Å². The third kappa shape index (κ3) is 2.44. The van der Waals surface area contributed by atoms with Crippen molar-refractivity contribution in [2.45, 2.75) is 0 Å². The number of para-hydroxylation sites is 4. The van der Waals surface area contributed by atoms with Gasteiger partial charge in [-0.15, -0.1) is 0 Å². The Balaban J connectivity index is 1.71. The molecule has 0 saturated heterocycles. The summed E-state index contributed by atoms with van der Waals surface area (Å²) in [6.45, 7) is 0. The van der Waals surface area contributed by atoms with Crippen LogP contribution in [0.2, 0.25) is 0 Å². The molecular weight excluding hydrogens is 318 g/mol. The number of furan rings is 1. The molecule has 0 atom stereocenters. The van der Waals surface area contributed by atoms with Gasteiger partial charge in [0.25, 0.3) is 0 Å². The van der Waals surface area contributed by atoms with Crippen molar-refractivity contribution in [3.8, 4) is 11.1 Å². The van der Waals surface area contributed by atoms with Crippen molar-refractivity contribution in [1.82, 2.24) is 0 Å². The van der Waals surface area contributed by atoms with E-state index in [2.05, 4.69) is 66.0 Å². The van der Waals surface area contributed by atoms with Crippen molar-refractivity contribution in [2.24, 2.45) is 0 Å². The summed E-state index contributed by atoms with van der Waals surface area (Å²) in [5, 5.41) is 5.82. The van der Waals surface area contributed by atoms with Gasteiger partial charge in [-0.05, 0) is 24.3 Å². The molecule has 0 aliphatic carbocycles. The van der Waals surface area contributed by atoms with E-state index in [1.165, 1.54) is 0 Å². The van der Waals surface area contributed by atoms with Crippen molar-refractivity contribution < 1.29 is 4.42 Å². The number of nitrogens with one attached hydrogen (secondary N) is 1. The smallest absolute Gasteiger partial charge is 0.143 e. The lowest BCUT2D eigenvalue weighted by Crippen LogP contribution is -1.93. The second-order valence-corrected chi connectivity index (χ2v) is 6.32. The number of fused-ring (bicyclic) bond motifs is 3. The van der Waals surface area contributed by atoms with Gasteiger partial charge >= 0.3 is 0 Å². The van der Waals surface area contributed by atoms with E-state index in [4.69, 9.17) is 4.42 Å². The molecule has 0 aliphatic heterocycles. The first-order chi connectivity index (χ1) is 12.9. The lowest BCUT2D eigenvalue weighted by molar-refractivity contribution is 0.670. The van der Waals surface area contributed by atoms with E-state index >= 15 is 0 Å². The van der Waals surface area contributed by atoms with Gasteiger partial charge in [0.15, 0.2) is 0 Å². The highest BCUT2D eigenvalue weighted by molar-refractivity contribution is 6.10. The van der Waals surface area contributed by atoms with Gasteiger partial charge in [-0.1, -0.05) is 72.8 Å². The molecule has 1 heterocycles. The Morgan fingerprint density at radius 2 is 1.23 bits per heavy atom. The summed E-state index contributed by atoms with van der Waals surface area (Å²) in [6, 6.07) is 33.1. The Labute approximate surface area is 151 Å². The van der Waals surface area contributed by atoms with Gasteiger partial charge in [-0.2, -0.15) is 0 Å². The van der Waals surface area contributed by atoms with E-state index in [-0.39, 0.29) is 0 Å². The van der Waals surface area contributed by atoms with Crippen LogP contribution in [0.25, 0.3) is 33.1 Å². The fourth-order valence-electron chi connectivity index (χ4n) is 3.46. The predicted molar refractivity (Wildman–Crippen MR) is 109 cm³/mol. The molecule has 26 heavy (non-hydrogen) atoms. The maximum atomic E-state index is 6.22. The summed E-state index contributed by atoms with van der Waals surface area (Å²) in [4.78, 5) is 0. The Kier molecular flexibility index (Phi) is 3.46. The topological polar surface area (TPSA) is 25.2 Å². The van der Waals surface area contributed by atoms with E-state index in [1.54, 1.807) is 0 Å². The summed E-state index contributed by atoms with van der Waals surface area (Å²) in [6.07, 6.45) is 0. The molecule has 0 saturated carbocycles. The molecule has 1 N–H and O–H groups in total. The average Bonchev–Trinajstić information content (AvgIpc) is 3.08. The van der Waals surface area contributed by atoms with Crippen LogP contribution in [0.1, 0.15) is 0 Å². The summed E-state index contributed by atoms with van der Waals surface area (Å²) in [5.41, 5.74) is 6.20. The van der Waals surface area contributed by atoms with Gasteiger partial charge in [0.2, 0.25) is 0 Å². The van der Waals surface area contributed by atoms with Crippen molar-refractivity contribution in [3.63, 3.8) is 0 Å². The van der Waals surface area contributed by atoms with Crippen LogP contribution in [0.3, 0.4) is 0 Å². The molecule has 0 spiro atoms. The second kappa shape index (κ2) is 6.08. The fraction of sp³-hybridized carbons (Fsp3) is 0. The van der Waals surface area contributed by atoms with E-state index in [1.807, 2.05) is 36.4 Å². The summed E-state index contributed by atoms with van der Waals surface area (Å²) < 4.78 is 6.22. The Bertz CT molecular complexity index is 1200. The first-order valence-corrected chi connectivity index (χ1v) is 8.72. The summed E-state index contributed by atoms with van der Waals surface area (Å²) in [5.74, 6) is 0. The van der Waals surface area contributed by atoms with Gasteiger partial charge in [0, 0.05) is 33.3 Å². The quantitative estimate of drug-likeness (QED) is 0.384. The molecule has 4 aromatic carbocycles. The third-order valence-electron chi connectivity index (χ3n) is 4.67. The minimum Gasteiger partial charge on any atom is -0.455 e. The molecule has 2 nitrogen and oxygen atoms in total. The Morgan fingerprint density at radius 3 is 2.15 bits per heavy atom. The summed E-state index contributed by atoms with van der Waals surface area (Å²) in [7, 11) is 0. The van der Waals surface area contributed by atoms with Crippen molar-refractivity contribution in [1.29, 1.82) is 0 Å². The van der Waals surface area contributed by atoms with Crippen molar-refractivity contribution in [3.05, 3.63) is 97.1 Å². The number of rotatable bonds is 3. The van der Waals surface area contributed by atoms with Gasteiger partial charge in [0.05, 0.1) is 0 Å². The number of benzene rings is 4. The maximum Gasteiger partial charge on any atom is 0.143 e. The number of hydrogen-bond donors (Lipinski definition) is 1. The molecule has 124 valence electrons.